The maximum Gasteiger partial charge on any atom is 0.276 e. The maximum atomic E-state index is 13.4. The zero-order valence-corrected chi connectivity index (χ0v) is 19.5. The van der Waals surface area contributed by atoms with Gasteiger partial charge in [-0.25, -0.2) is 4.68 Å². The Bertz CT molecular complexity index is 1350. The molecule has 3 heterocycles. The number of rotatable bonds is 5. The van der Waals surface area contributed by atoms with E-state index in [1.807, 2.05) is 60.4 Å². The normalized spacial score (nSPS) is 15.2. The van der Waals surface area contributed by atoms with Crippen molar-refractivity contribution in [3.63, 3.8) is 0 Å². The molecule has 4 aromatic rings. The number of methoxy groups -OCH3 is 1. The molecule has 1 amide bonds. The largest absolute Gasteiger partial charge is 0.497 e. The number of nitrogens with zero attached hydrogens (tertiary/aromatic N) is 4. The minimum atomic E-state index is -0.604. The van der Waals surface area contributed by atoms with Crippen molar-refractivity contribution >= 4 is 43.1 Å². The Balaban J connectivity index is 1.37. The molecule has 0 radical (unpaired) electrons. The molecule has 1 unspecified atom stereocenters. The summed E-state index contributed by atoms with van der Waals surface area (Å²) in [5, 5.41) is 5.99. The van der Waals surface area contributed by atoms with E-state index in [1.54, 1.807) is 24.6 Å². The molecule has 1 aliphatic heterocycles. The first kappa shape index (κ1) is 21.5. The molecular formula is C25H26N4O3S. The molecule has 0 spiro atoms. The highest BCUT2D eigenvalue weighted by atomic mass is 32.1. The summed E-state index contributed by atoms with van der Waals surface area (Å²) in [6.07, 6.45) is 2.23. The van der Waals surface area contributed by atoms with Gasteiger partial charge in [0.25, 0.3) is 5.56 Å². The molecule has 2 aromatic carbocycles. The van der Waals surface area contributed by atoms with Crippen LogP contribution in [0.3, 0.4) is 0 Å². The van der Waals surface area contributed by atoms with Crippen molar-refractivity contribution in [3.8, 4) is 5.75 Å². The second-order valence-corrected chi connectivity index (χ2v) is 9.25. The topological polar surface area (TPSA) is 67.7 Å². The summed E-state index contributed by atoms with van der Waals surface area (Å²) in [6.45, 7) is 4.63. The number of hydrogen-bond donors (Lipinski definition) is 0. The number of benzene rings is 2. The minimum Gasteiger partial charge on any atom is -0.497 e. The number of ether oxygens (including phenoxy) is 1. The molecule has 0 N–H and O–H groups in total. The molecule has 33 heavy (non-hydrogen) atoms. The van der Waals surface area contributed by atoms with Crippen LogP contribution in [0.4, 0.5) is 5.69 Å². The van der Waals surface area contributed by atoms with Gasteiger partial charge in [-0.3, -0.25) is 9.59 Å². The summed E-state index contributed by atoms with van der Waals surface area (Å²) in [5.41, 5.74) is 0.921. The molecule has 1 aliphatic rings. The van der Waals surface area contributed by atoms with Crippen molar-refractivity contribution in [1.29, 1.82) is 0 Å². The zero-order valence-electron chi connectivity index (χ0n) is 18.7. The van der Waals surface area contributed by atoms with Gasteiger partial charge in [0.2, 0.25) is 5.91 Å². The van der Waals surface area contributed by atoms with Crippen LogP contribution in [0.5, 0.6) is 5.75 Å². The van der Waals surface area contributed by atoms with E-state index in [4.69, 9.17) is 4.74 Å². The highest BCUT2D eigenvalue weighted by Gasteiger charge is 2.29. The highest BCUT2D eigenvalue weighted by molar-refractivity contribution is 7.25. The molecule has 0 bridgehead atoms. The number of anilines is 1. The van der Waals surface area contributed by atoms with Gasteiger partial charge >= 0.3 is 0 Å². The molecular weight excluding hydrogens is 436 g/mol. The van der Waals surface area contributed by atoms with Crippen molar-refractivity contribution in [1.82, 2.24) is 14.7 Å². The van der Waals surface area contributed by atoms with Crippen molar-refractivity contribution in [2.45, 2.75) is 19.4 Å². The van der Waals surface area contributed by atoms with Crippen LogP contribution in [0.25, 0.3) is 20.2 Å². The van der Waals surface area contributed by atoms with Crippen molar-refractivity contribution in [3.05, 3.63) is 65.1 Å². The number of amides is 1. The number of aromatic nitrogens is 2. The molecule has 0 saturated carbocycles. The lowest BCUT2D eigenvalue weighted by Gasteiger charge is -2.37. The van der Waals surface area contributed by atoms with E-state index in [-0.39, 0.29) is 11.5 Å². The van der Waals surface area contributed by atoms with Gasteiger partial charge in [-0.1, -0.05) is 25.1 Å². The second-order valence-electron chi connectivity index (χ2n) is 8.17. The summed E-state index contributed by atoms with van der Waals surface area (Å²) in [6, 6.07) is 15.2. The van der Waals surface area contributed by atoms with Crippen LogP contribution in [0.2, 0.25) is 0 Å². The van der Waals surface area contributed by atoms with Gasteiger partial charge in [0.15, 0.2) is 0 Å². The van der Waals surface area contributed by atoms with Gasteiger partial charge in [-0.15, -0.1) is 11.3 Å². The standard InChI is InChI=1S/C25H26N4O3S/c1-3-20(29-25(31)23-19-6-4-5-7-21(19)33-22(23)16-26-29)24(30)28-14-12-27(13-15-28)17-8-10-18(32-2)11-9-17/h4-11,16,20H,3,12-15H2,1-2H3. The third-order valence-electron chi connectivity index (χ3n) is 6.34. The number of carbonyl (C=O) groups excluding carboxylic acids is 1. The van der Waals surface area contributed by atoms with Gasteiger partial charge in [-0.05, 0) is 36.8 Å². The Hall–Kier alpha value is -3.39. The Morgan fingerprint density at radius 2 is 1.79 bits per heavy atom. The Morgan fingerprint density at radius 3 is 2.48 bits per heavy atom. The van der Waals surface area contributed by atoms with Crippen LogP contribution in [-0.4, -0.2) is 53.9 Å². The molecule has 8 heteroatoms. The van der Waals surface area contributed by atoms with E-state index in [9.17, 15) is 9.59 Å². The average Bonchev–Trinajstić information content (AvgIpc) is 3.25. The predicted octanol–water partition coefficient (Wildman–Crippen LogP) is 3.92. The zero-order chi connectivity index (χ0) is 22.9. The lowest BCUT2D eigenvalue weighted by Crippen LogP contribution is -2.51. The van der Waals surface area contributed by atoms with Gasteiger partial charge in [0.05, 0.1) is 23.4 Å². The lowest BCUT2D eigenvalue weighted by atomic mass is 10.1. The molecule has 170 valence electrons. The van der Waals surface area contributed by atoms with Gasteiger partial charge < -0.3 is 14.5 Å². The van der Waals surface area contributed by atoms with Crippen LogP contribution in [0.1, 0.15) is 19.4 Å². The third kappa shape index (κ3) is 3.84. The predicted molar refractivity (Wildman–Crippen MR) is 133 cm³/mol. The summed E-state index contributed by atoms with van der Waals surface area (Å²) in [5.74, 6) is 0.784. The molecule has 5 rings (SSSR count). The molecule has 7 nitrogen and oxygen atoms in total. The molecule has 1 atom stereocenters. The smallest absolute Gasteiger partial charge is 0.276 e. The fourth-order valence-electron chi connectivity index (χ4n) is 4.52. The first-order valence-corrected chi connectivity index (χ1v) is 12.0. The van der Waals surface area contributed by atoms with Crippen LogP contribution in [0, 0.1) is 0 Å². The van der Waals surface area contributed by atoms with E-state index >= 15 is 0 Å². The van der Waals surface area contributed by atoms with Crippen LogP contribution in [-0.2, 0) is 4.79 Å². The van der Waals surface area contributed by atoms with Crippen LogP contribution >= 0.6 is 11.3 Å². The fourth-order valence-corrected chi connectivity index (χ4v) is 5.58. The van der Waals surface area contributed by atoms with Crippen LogP contribution < -0.4 is 15.2 Å². The summed E-state index contributed by atoms with van der Waals surface area (Å²) >= 11 is 1.56. The van der Waals surface area contributed by atoms with E-state index in [1.165, 1.54) is 4.68 Å². The Labute approximate surface area is 195 Å². The number of fused-ring (bicyclic) bond motifs is 3. The van der Waals surface area contributed by atoms with E-state index in [2.05, 4.69) is 10.00 Å². The van der Waals surface area contributed by atoms with Gasteiger partial charge in [0.1, 0.15) is 11.8 Å². The maximum absolute atomic E-state index is 13.4. The van der Waals surface area contributed by atoms with Crippen molar-refractivity contribution in [2.75, 3.05) is 38.2 Å². The summed E-state index contributed by atoms with van der Waals surface area (Å²) < 4.78 is 8.53. The molecule has 1 saturated heterocycles. The van der Waals surface area contributed by atoms with E-state index in [0.29, 0.717) is 24.9 Å². The summed E-state index contributed by atoms with van der Waals surface area (Å²) in [4.78, 5) is 31.0. The number of thiophene rings is 1. The van der Waals surface area contributed by atoms with Crippen LogP contribution in [0.15, 0.2) is 59.5 Å². The third-order valence-corrected chi connectivity index (χ3v) is 7.45. The number of piperazine rings is 1. The first-order valence-electron chi connectivity index (χ1n) is 11.2. The summed E-state index contributed by atoms with van der Waals surface area (Å²) in [7, 11) is 1.66. The number of hydrogen-bond acceptors (Lipinski definition) is 6. The van der Waals surface area contributed by atoms with Gasteiger partial charge in [-0.2, -0.15) is 5.10 Å². The first-order chi connectivity index (χ1) is 16.1. The minimum absolute atomic E-state index is 0.0413. The fraction of sp³-hybridized carbons (Fsp3) is 0.320. The monoisotopic (exact) mass is 462 g/mol. The quantitative estimate of drug-likeness (QED) is 0.450. The van der Waals surface area contributed by atoms with Gasteiger partial charge in [0, 0.05) is 42.0 Å². The van der Waals surface area contributed by atoms with E-state index < -0.39 is 6.04 Å². The Morgan fingerprint density at radius 1 is 1.06 bits per heavy atom. The second kappa shape index (κ2) is 8.86. The number of carbonyl (C=O) groups is 1. The molecule has 0 aliphatic carbocycles. The average molecular weight is 463 g/mol. The molecule has 1 fully saturated rings. The molecule has 2 aromatic heterocycles. The lowest BCUT2D eigenvalue weighted by molar-refractivity contribution is -0.135. The SMILES string of the molecule is CCC(C(=O)N1CCN(c2ccc(OC)cc2)CC1)n1ncc2sc3ccccc3c2c1=O. The highest BCUT2D eigenvalue weighted by Crippen LogP contribution is 2.31. The van der Waals surface area contributed by atoms with E-state index in [0.717, 1.165) is 39.3 Å². The van der Waals surface area contributed by atoms with Crippen molar-refractivity contribution < 1.29 is 9.53 Å². The van der Waals surface area contributed by atoms with Crippen molar-refractivity contribution in [2.24, 2.45) is 0 Å². The Kier molecular flexibility index (Phi) is 5.76.